The number of carboxylic acids is 1. The second-order valence-electron chi connectivity index (χ2n) is 9.86. The molecule has 0 saturated carbocycles. The molecule has 0 heterocycles. The van der Waals surface area contributed by atoms with Gasteiger partial charge in [-0.2, -0.15) is 0 Å². The van der Waals surface area contributed by atoms with Crippen LogP contribution in [0.1, 0.15) is 51.8 Å². The van der Waals surface area contributed by atoms with Crippen LogP contribution in [0.15, 0.2) is 36.4 Å². The van der Waals surface area contributed by atoms with E-state index in [1.165, 1.54) is 17.0 Å². The first-order valence-corrected chi connectivity index (χ1v) is 12.3. The topological polar surface area (TPSA) is 88.5 Å². The van der Waals surface area contributed by atoms with Crippen molar-refractivity contribution in [1.29, 1.82) is 0 Å². The molecule has 0 bridgehead atoms. The zero-order chi connectivity index (χ0) is 27.9. The van der Waals surface area contributed by atoms with Gasteiger partial charge in [-0.25, -0.2) is 9.18 Å². The van der Waals surface area contributed by atoms with Gasteiger partial charge in [-0.05, 0) is 76.6 Å². The Balaban J connectivity index is 2.30. The summed E-state index contributed by atoms with van der Waals surface area (Å²) in [6.07, 6.45) is -0.523. The number of methoxy groups -OCH3 is 1. The molecule has 0 saturated heterocycles. The Morgan fingerprint density at radius 2 is 1.70 bits per heavy atom. The summed E-state index contributed by atoms with van der Waals surface area (Å²) in [5.74, 6) is -0.363. The third-order valence-corrected chi connectivity index (χ3v) is 6.15. The molecule has 2 atom stereocenters. The highest BCUT2D eigenvalue weighted by atomic mass is 35.5. The largest absolute Gasteiger partial charge is 0.497 e. The molecule has 2 aromatic carbocycles. The minimum atomic E-state index is -1.06. The lowest BCUT2D eigenvalue weighted by Crippen LogP contribution is -2.47. The van der Waals surface area contributed by atoms with Gasteiger partial charge < -0.3 is 24.2 Å². The molecular formula is C27H36ClFN2O6. The van der Waals surface area contributed by atoms with E-state index in [4.69, 9.17) is 25.8 Å². The molecule has 10 heteroatoms. The van der Waals surface area contributed by atoms with Gasteiger partial charge in [0.05, 0.1) is 18.7 Å². The lowest BCUT2D eigenvalue weighted by atomic mass is 9.99. The third-order valence-electron chi connectivity index (χ3n) is 5.81. The highest BCUT2D eigenvalue weighted by molar-refractivity contribution is 6.31. The van der Waals surface area contributed by atoms with Gasteiger partial charge in [-0.3, -0.25) is 9.69 Å². The Hall–Kier alpha value is -3.04. The number of carbonyl (C=O) groups is 2. The quantitative estimate of drug-likeness (QED) is 0.388. The van der Waals surface area contributed by atoms with Crippen LogP contribution in [0.25, 0.3) is 0 Å². The van der Waals surface area contributed by atoms with Crippen molar-refractivity contribution >= 4 is 23.7 Å². The van der Waals surface area contributed by atoms with Crippen LogP contribution in [0.4, 0.5) is 9.18 Å². The zero-order valence-electron chi connectivity index (χ0n) is 22.4. The summed E-state index contributed by atoms with van der Waals surface area (Å²) in [4.78, 5) is 27.3. The lowest BCUT2D eigenvalue weighted by molar-refractivity contribution is -0.139. The number of ether oxygens (including phenoxy) is 3. The molecule has 1 N–H and O–H groups in total. The fourth-order valence-corrected chi connectivity index (χ4v) is 3.95. The Labute approximate surface area is 222 Å². The Bertz CT molecular complexity index is 1070. The Morgan fingerprint density at radius 1 is 1.11 bits per heavy atom. The normalized spacial score (nSPS) is 13.1. The van der Waals surface area contributed by atoms with E-state index in [9.17, 15) is 19.1 Å². The first-order valence-electron chi connectivity index (χ1n) is 11.9. The van der Waals surface area contributed by atoms with Crippen molar-refractivity contribution in [2.45, 2.75) is 58.9 Å². The number of likely N-dealkylation sites (N-methyl/N-ethyl adjacent to an activating group) is 1. The van der Waals surface area contributed by atoms with E-state index in [1.807, 2.05) is 0 Å². The fraction of sp³-hybridized carbons (Fsp3) is 0.481. The van der Waals surface area contributed by atoms with Crippen molar-refractivity contribution < 1.29 is 33.3 Å². The molecule has 8 nitrogen and oxygen atoms in total. The summed E-state index contributed by atoms with van der Waals surface area (Å²) < 4.78 is 30.9. The number of halogens is 2. The average Bonchev–Trinajstić information content (AvgIpc) is 2.80. The summed E-state index contributed by atoms with van der Waals surface area (Å²) in [5, 5.41) is 9.76. The lowest BCUT2D eigenvalue weighted by Gasteiger charge is -2.35. The molecular weight excluding hydrogens is 503 g/mol. The summed E-state index contributed by atoms with van der Waals surface area (Å²) in [6, 6.07) is 8.55. The van der Waals surface area contributed by atoms with E-state index in [2.05, 4.69) is 0 Å². The van der Waals surface area contributed by atoms with Crippen LogP contribution in [-0.4, -0.2) is 65.9 Å². The molecule has 2 aromatic rings. The molecule has 2 unspecified atom stereocenters. The van der Waals surface area contributed by atoms with Crippen molar-refractivity contribution in [1.82, 2.24) is 9.80 Å². The first kappa shape index (κ1) is 30.2. The van der Waals surface area contributed by atoms with Crippen LogP contribution in [0, 0.1) is 5.82 Å². The summed E-state index contributed by atoms with van der Waals surface area (Å²) >= 11 is 6.42. The number of amides is 1. The molecule has 2 rings (SSSR count). The molecule has 0 aromatic heterocycles. The molecule has 0 spiro atoms. The van der Waals surface area contributed by atoms with Crippen molar-refractivity contribution in [2.75, 3.05) is 27.2 Å². The number of rotatable bonds is 11. The van der Waals surface area contributed by atoms with Gasteiger partial charge >= 0.3 is 12.1 Å². The van der Waals surface area contributed by atoms with E-state index in [-0.39, 0.29) is 24.7 Å². The summed E-state index contributed by atoms with van der Waals surface area (Å²) in [7, 11) is 3.16. The minimum absolute atomic E-state index is 0.0411. The van der Waals surface area contributed by atoms with Gasteiger partial charge in [0.15, 0.2) is 0 Å². The van der Waals surface area contributed by atoms with E-state index < -0.39 is 35.6 Å². The molecule has 0 aliphatic rings. The van der Waals surface area contributed by atoms with E-state index in [1.54, 1.807) is 77.9 Å². The summed E-state index contributed by atoms with van der Waals surface area (Å²) in [5.41, 5.74) is 0.359. The number of hydrogen-bond acceptors (Lipinski definition) is 6. The van der Waals surface area contributed by atoms with Gasteiger partial charge in [0.25, 0.3) is 0 Å². The molecule has 37 heavy (non-hydrogen) atoms. The number of carboxylic acid groups (broad SMARTS) is 1. The number of carbonyl (C=O) groups excluding carboxylic acids is 1. The number of nitrogens with zero attached hydrogens (tertiary/aromatic N) is 2. The monoisotopic (exact) mass is 538 g/mol. The highest BCUT2D eigenvalue weighted by Gasteiger charge is 2.28. The van der Waals surface area contributed by atoms with E-state index in [0.29, 0.717) is 22.6 Å². The average molecular weight is 539 g/mol. The standard InChI is InChI=1S/C27H36ClFN2O6/c1-17(30(6)26(34)37-27(3,4)5)14-31(15-25(32)33)18(2)22-12-19(29)13-24(28)23(22)16-36-21-10-8-20(35-7)9-11-21/h8-13,17-18H,14-16H2,1-7H3,(H,32,33). The maximum absolute atomic E-state index is 14.5. The fourth-order valence-electron chi connectivity index (χ4n) is 3.68. The molecule has 1 amide bonds. The molecule has 0 fully saturated rings. The van der Waals surface area contributed by atoms with Gasteiger partial charge in [-0.15, -0.1) is 0 Å². The second-order valence-corrected chi connectivity index (χ2v) is 10.3. The van der Waals surface area contributed by atoms with E-state index >= 15 is 0 Å². The van der Waals surface area contributed by atoms with Gasteiger partial charge in [0.1, 0.15) is 29.5 Å². The molecule has 0 radical (unpaired) electrons. The highest BCUT2D eigenvalue weighted by Crippen LogP contribution is 2.32. The van der Waals surface area contributed by atoms with Crippen molar-refractivity contribution in [3.8, 4) is 11.5 Å². The molecule has 0 aliphatic heterocycles. The molecule has 0 aliphatic carbocycles. The number of hydrogen-bond donors (Lipinski definition) is 1. The second kappa shape index (κ2) is 13.0. The third kappa shape index (κ3) is 9.09. The minimum Gasteiger partial charge on any atom is -0.497 e. The van der Waals surface area contributed by atoms with Gasteiger partial charge in [0, 0.05) is 31.2 Å². The van der Waals surface area contributed by atoms with Crippen LogP contribution in [-0.2, 0) is 16.1 Å². The molecule has 204 valence electrons. The van der Waals surface area contributed by atoms with Crippen molar-refractivity contribution in [2.24, 2.45) is 0 Å². The van der Waals surface area contributed by atoms with Crippen molar-refractivity contribution in [3.63, 3.8) is 0 Å². The van der Waals surface area contributed by atoms with Crippen LogP contribution >= 0.6 is 11.6 Å². The maximum Gasteiger partial charge on any atom is 0.410 e. The van der Waals surface area contributed by atoms with Crippen LogP contribution in [0.2, 0.25) is 5.02 Å². The predicted molar refractivity (Wildman–Crippen MR) is 140 cm³/mol. The SMILES string of the molecule is COc1ccc(OCc2c(Cl)cc(F)cc2C(C)N(CC(=O)O)CC(C)N(C)C(=O)OC(C)(C)C)cc1. The van der Waals surface area contributed by atoms with Crippen LogP contribution in [0.3, 0.4) is 0 Å². The predicted octanol–water partition coefficient (Wildman–Crippen LogP) is 5.77. The number of benzene rings is 2. The van der Waals surface area contributed by atoms with E-state index in [0.717, 1.165) is 0 Å². The number of aliphatic carboxylic acids is 1. The zero-order valence-corrected chi connectivity index (χ0v) is 23.1. The van der Waals surface area contributed by atoms with Crippen LogP contribution < -0.4 is 9.47 Å². The Kier molecular flexibility index (Phi) is 10.6. The van der Waals surface area contributed by atoms with Crippen LogP contribution in [0.5, 0.6) is 11.5 Å². The first-order chi connectivity index (χ1) is 17.2. The van der Waals surface area contributed by atoms with Crippen molar-refractivity contribution in [3.05, 3.63) is 58.4 Å². The smallest absolute Gasteiger partial charge is 0.410 e. The maximum atomic E-state index is 14.5. The van der Waals surface area contributed by atoms with Gasteiger partial charge in [-0.1, -0.05) is 11.6 Å². The van der Waals surface area contributed by atoms with Gasteiger partial charge in [0.2, 0.25) is 0 Å². The summed E-state index contributed by atoms with van der Waals surface area (Å²) in [6.45, 7) is 8.77. The Morgan fingerprint density at radius 3 is 2.24 bits per heavy atom.